The Morgan fingerprint density at radius 1 is 1.14 bits per heavy atom. The van der Waals surface area contributed by atoms with E-state index in [-0.39, 0.29) is 36.1 Å². The first-order chi connectivity index (χ1) is 16.9. The lowest BCUT2D eigenvalue weighted by molar-refractivity contribution is -0.138. The van der Waals surface area contributed by atoms with Crippen LogP contribution >= 0.6 is 23.4 Å². The van der Waals surface area contributed by atoms with Crippen molar-refractivity contribution in [1.82, 2.24) is 4.90 Å². The van der Waals surface area contributed by atoms with Crippen LogP contribution in [0.5, 0.6) is 0 Å². The molecule has 0 saturated carbocycles. The first-order valence-electron chi connectivity index (χ1n) is 11.9. The Balaban J connectivity index is 1.47. The van der Waals surface area contributed by atoms with Crippen molar-refractivity contribution in [2.24, 2.45) is 11.8 Å². The second-order valence-corrected chi connectivity index (χ2v) is 11.4. The predicted octanol–water partition coefficient (Wildman–Crippen LogP) is 3.70. The number of nitrogens with zero attached hydrogens (tertiary/aromatic N) is 1. The van der Waals surface area contributed by atoms with E-state index in [9.17, 15) is 19.5 Å². The number of aliphatic hydroxyl groups excluding tert-OH is 1. The van der Waals surface area contributed by atoms with Crippen molar-refractivity contribution in [3.05, 3.63) is 59.1 Å². The zero-order valence-electron chi connectivity index (χ0n) is 19.4. The van der Waals surface area contributed by atoms with Gasteiger partial charge in [0.15, 0.2) is 0 Å². The number of amides is 3. The van der Waals surface area contributed by atoms with Gasteiger partial charge in [-0.25, -0.2) is 0 Å². The molecule has 3 heterocycles. The summed E-state index contributed by atoms with van der Waals surface area (Å²) in [6.45, 7) is 2.03. The molecule has 2 bridgehead atoms. The number of halogens is 1. The molecular formula is C26H28ClN3O4S. The molecule has 5 rings (SSSR count). The summed E-state index contributed by atoms with van der Waals surface area (Å²) in [5.74, 6) is -1.77. The Morgan fingerprint density at radius 2 is 1.91 bits per heavy atom. The van der Waals surface area contributed by atoms with E-state index in [2.05, 4.69) is 10.6 Å². The van der Waals surface area contributed by atoms with Crippen LogP contribution in [0.2, 0.25) is 5.02 Å². The summed E-state index contributed by atoms with van der Waals surface area (Å²) in [4.78, 5) is 42.6. The van der Waals surface area contributed by atoms with Gasteiger partial charge in [-0.1, -0.05) is 41.9 Å². The van der Waals surface area contributed by atoms with E-state index >= 15 is 0 Å². The lowest BCUT2D eigenvalue weighted by Crippen LogP contribution is -2.51. The summed E-state index contributed by atoms with van der Waals surface area (Å²) in [7, 11) is 0. The standard InChI is InChI=1S/C26H28ClN3O4S/c1-15-7-5-10-17(27)21(15)29-24(33)22-26-12-11-18(35-26)19(20(26)25(34)30(22)13-6-14-31)23(32)28-16-8-3-2-4-9-16/h2-5,7-10,18-20,22,31H,6,11-14H2,1H3,(H,28,32)(H,29,33)/t18-,19+,20+,22?,26?/m1/s1. The molecule has 35 heavy (non-hydrogen) atoms. The molecule has 0 radical (unpaired) electrons. The summed E-state index contributed by atoms with van der Waals surface area (Å²) in [6, 6.07) is 13.9. The Hall–Kier alpha value is -2.55. The highest BCUT2D eigenvalue weighted by Gasteiger charge is 2.73. The average molecular weight is 514 g/mol. The quantitative estimate of drug-likeness (QED) is 0.524. The van der Waals surface area contributed by atoms with Gasteiger partial charge in [0, 0.05) is 24.1 Å². The van der Waals surface area contributed by atoms with E-state index < -0.39 is 22.6 Å². The molecule has 184 valence electrons. The fourth-order valence-corrected chi connectivity index (χ4v) is 8.45. The maximum Gasteiger partial charge on any atom is 0.248 e. The van der Waals surface area contributed by atoms with Crippen molar-refractivity contribution >= 4 is 52.5 Å². The minimum absolute atomic E-state index is 0.0231. The smallest absolute Gasteiger partial charge is 0.248 e. The molecule has 3 saturated heterocycles. The highest BCUT2D eigenvalue weighted by molar-refractivity contribution is 8.02. The van der Waals surface area contributed by atoms with Crippen LogP contribution in [0.25, 0.3) is 0 Å². The van der Waals surface area contributed by atoms with Crippen molar-refractivity contribution in [2.75, 3.05) is 23.8 Å². The van der Waals surface area contributed by atoms with Gasteiger partial charge in [-0.3, -0.25) is 14.4 Å². The summed E-state index contributed by atoms with van der Waals surface area (Å²) in [5, 5.41) is 15.8. The van der Waals surface area contributed by atoms with E-state index in [4.69, 9.17) is 11.6 Å². The SMILES string of the molecule is Cc1cccc(Cl)c1NC(=O)C1N(CCCO)C(=O)[C@@H]2[C@@H](C(=O)Nc3ccccc3)[C@H]3CCC12S3. The molecule has 3 amide bonds. The zero-order chi connectivity index (χ0) is 24.7. The molecule has 3 aliphatic heterocycles. The number of hydrogen-bond acceptors (Lipinski definition) is 5. The number of carbonyl (C=O) groups excluding carboxylic acids is 3. The highest BCUT2D eigenvalue weighted by atomic mass is 35.5. The fraction of sp³-hybridized carbons (Fsp3) is 0.423. The lowest BCUT2D eigenvalue weighted by Gasteiger charge is -2.34. The highest BCUT2D eigenvalue weighted by Crippen LogP contribution is 2.66. The second kappa shape index (κ2) is 9.48. The first-order valence-corrected chi connectivity index (χ1v) is 13.1. The molecule has 2 aromatic rings. The maximum absolute atomic E-state index is 13.8. The third-order valence-electron chi connectivity index (χ3n) is 7.42. The summed E-state index contributed by atoms with van der Waals surface area (Å²) in [6.07, 6.45) is 1.81. The van der Waals surface area contributed by atoms with Gasteiger partial charge < -0.3 is 20.6 Å². The number of likely N-dealkylation sites (tertiary alicyclic amines) is 1. The van der Waals surface area contributed by atoms with E-state index in [1.807, 2.05) is 49.4 Å². The largest absolute Gasteiger partial charge is 0.396 e. The number of anilines is 2. The monoisotopic (exact) mass is 513 g/mol. The number of carbonyl (C=O) groups is 3. The molecule has 3 fully saturated rings. The molecule has 7 nitrogen and oxygen atoms in total. The van der Waals surface area contributed by atoms with Crippen molar-refractivity contribution in [1.29, 1.82) is 0 Å². The lowest BCUT2D eigenvalue weighted by atomic mass is 9.70. The predicted molar refractivity (Wildman–Crippen MR) is 137 cm³/mol. The van der Waals surface area contributed by atoms with Gasteiger partial charge in [0.05, 0.1) is 27.3 Å². The Labute approximate surface area is 213 Å². The van der Waals surface area contributed by atoms with Crippen LogP contribution in [0.4, 0.5) is 11.4 Å². The first kappa shape index (κ1) is 24.2. The molecule has 3 N–H and O–H groups in total. The van der Waals surface area contributed by atoms with Crippen LogP contribution in [0.3, 0.4) is 0 Å². The number of nitrogens with one attached hydrogen (secondary N) is 2. The molecule has 5 atom stereocenters. The van der Waals surface area contributed by atoms with Crippen molar-refractivity contribution < 1.29 is 19.5 Å². The van der Waals surface area contributed by atoms with Gasteiger partial charge in [0.2, 0.25) is 17.7 Å². The van der Waals surface area contributed by atoms with Gasteiger partial charge in [-0.15, -0.1) is 11.8 Å². The van der Waals surface area contributed by atoms with E-state index in [1.165, 1.54) is 0 Å². The van der Waals surface area contributed by atoms with Gasteiger partial charge >= 0.3 is 0 Å². The van der Waals surface area contributed by atoms with Crippen LogP contribution in [-0.2, 0) is 14.4 Å². The third-order valence-corrected chi connectivity index (χ3v) is 9.69. The molecule has 2 unspecified atom stereocenters. The fourth-order valence-electron chi connectivity index (χ4n) is 5.96. The van der Waals surface area contributed by atoms with Crippen LogP contribution in [0.1, 0.15) is 24.8 Å². The number of thioether (sulfide) groups is 1. The normalized spacial score (nSPS) is 28.8. The number of fused-ring (bicyclic) bond motifs is 1. The minimum atomic E-state index is -0.744. The van der Waals surface area contributed by atoms with Crippen LogP contribution in [0.15, 0.2) is 48.5 Å². The summed E-state index contributed by atoms with van der Waals surface area (Å²) < 4.78 is -0.685. The minimum Gasteiger partial charge on any atom is -0.396 e. The van der Waals surface area contributed by atoms with Crippen LogP contribution in [-0.4, -0.2) is 56.9 Å². The second-order valence-electron chi connectivity index (χ2n) is 9.44. The van der Waals surface area contributed by atoms with Gasteiger partial charge in [-0.2, -0.15) is 0 Å². The Bertz CT molecular complexity index is 1140. The number of aryl methyl sites for hydroxylation is 1. The molecule has 9 heteroatoms. The Kier molecular flexibility index (Phi) is 6.55. The topological polar surface area (TPSA) is 98.7 Å². The van der Waals surface area contributed by atoms with Crippen LogP contribution < -0.4 is 10.6 Å². The number of rotatable bonds is 7. The number of benzene rings is 2. The molecule has 1 spiro atoms. The summed E-state index contributed by atoms with van der Waals surface area (Å²) >= 11 is 7.99. The van der Waals surface area contributed by atoms with Gasteiger partial charge in [-0.05, 0) is 49.9 Å². The zero-order valence-corrected chi connectivity index (χ0v) is 20.9. The average Bonchev–Trinajstić information content (AvgIpc) is 3.48. The van der Waals surface area contributed by atoms with Crippen molar-refractivity contribution in [3.63, 3.8) is 0 Å². The van der Waals surface area contributed by atoms with Gasteiger partial charge in [0.25, 0.3) is 0 Å². The van der Waals surface area contributed by atoms with E-state index in [0.29, 0.717) is 29.2 Å². The molecule has 2 aromatic carbocycles. The van der Waals surface area contributed by atoms with Gasteiger partial charge in [0.1, 0.15) is 6.04 Å². The van der Waals surface area contributed by atoms with Crippen molar-refractivity contribution in [2.45, 2.75) is 42.2 Å². The number of para-hydroxylation sites is 2. The third kappa shape index (κ3) is 4.01. The molecule has 0 aliphatic carbocycles. The van der Waals surface area contributed by atoms with E-state index in [1.54, 1.807) is 22.7 Å². The maximum atomic E-state index is 13.8. The Morgan fingerprint density at radius 3 is 2.63 bits per heavy atom. The van der Waals surface area contributed by atoms with E-state index in [0.717, 1.165) is 12.0 Å². The van der Waals surface area contributed by atoms with Crippen molar-refractivity contribution in [3.8, 4) is 0 Å². The molecule has 0 aromatic heterocycles. The molecular weight excluding hydrogens is 486 g/mol. The number of hydrogen-bond donors (Lipinski definition) is 3. The molecule has 3 aliphatic rings. The number of aliphatic hydroxyl groups is 1. The summed E-state index contributed by atoms with van der Waals surface area (Å²) in [5.41, 5.74) is 2.05. The van der Waals surface area contributed by atoms with Crippen LogP contribution in [0, 0.1) is 18.8 Å².